The molecule has 3 atom stereocenters. The van der Waals surface area contributed by atoms with E-state index in [1.165, 1.54) is 19.3 Å². The third-order valence-corrected chi connectivity index (χ3v) is 4.04. The Labute approximate surface area is 105 Å². The number of aromatic nitrogens is 2. The molecule has 0 amide bonds. The molecule has 17 heavy (non-hydrogen) atoms. The lowest BCUT2D eigenvalue weighted by atomic mass is 9.78. The summed E-state index contributed by atoms with van der Waals surface area (Å²) >= 11 is 0. The van der Waals surface area contributed by atoms with Crippen molar-refractivity contribution in [3.05, 3.63) is 18.5 Å². The molecule has 1 N–H and O–H groups in total. The first-order valence-corrected chi connectivity index (χ1v) is 6.90. The fourth-order valence-corrected chi connectivity index (χ4v) is 3.08. The normalized spacial score (nSPS) is 31.4. The minimum Gasteiger partial charge on any atom is -0.309 e. The Balaban J connectivity index is 1.86. The van der Waals surface area contributed by atoms with Gasteiger partial charge in [0.2, 0.25) is 0 Å². The van der Waals surface area contributed by atoms with Gasteiger partial charge in [-0.15, -0.1) is 0 Å². The number of rotatable bonds is 4. The van der Waals surface area contributed by atoms with Crippen LogP contribution in [0.1, 0.15) is 40.0 Å². The second-order valence-electron chi connectivity index (χ2n) is 5.71. The van der Waals surface area contributed by atoms with Gasteiger partial charge in [-0.05, 0) is 37.7 Å². The fourth-order valence-electron chi connectivity index (χ4n) is 3.08. The zero-order valence-corrected chi connectivity index (χ0v) is 11.3. The van der Waals surface area contributed by atoms with Crippen molar-refractivity contribution in [2.75, 3.05) is 0 Å². The maximum absolute atomic E-state index is 4.26. The van der Waals surface area contributed by atoms with E-state index in [2.05, 4.69) is 31.2 Å². The molecule has 1 aliphatic carbocycles. The molecule has 0 aliphatic heterocycles. The van der Waals surface area contributed by atoms with Crippen LogP contribution >= 0.6 is 0 Å². The summed E-state index contributed by atoms with van der Waals surface area (Å²) < 4.78 is 2.01. The molecule has 0 saturated heterocycles. The summed E-state index contributed by atoms with van der Waals surface area (Å²) in [6.45, 7) is 7.99. The van der Waals surface area contributed by atoms with Gasteiger partial charge in [0.05, 0.1) is 6.54 Å². The van der Waals surface area contributed by atoms with Gasteiger partial charge in [-0.25, -0.2) is 0 Å². The second-order valence-corrected chi connectivity index (χ2v) is 5.71. The first-order chi connectivity index (χ1) is 8.16. The van der Waals surface area contributed by atoms with Gasteiger partial charge in [-0.2, -0.15) is 5.10 Å². The second kappa shape index (κ2) is 5.67. The topological polar surface area (TPSA) is 29.9 Å². The van der Waals surface area contributed by atoms with Gasteiger partial charge in [-0.1, -0.05) is 20.3 Å². The Morgan fingerprint density at radius 1 is 1.35 bits per heavy atom. The Bertz CT molecular complexity index is 310. The van der Waals surface area contributed by atoms with Gasteiger partial charge in [0, 0.05) is 24.5 Å². The minimum absolute atomic E-state index is 0.489. The van der Waals surface area contributed by atoms with Crippen LogP contribution in [-0.4, -0.2) is 21.9 Å². The highest BCUT2D eigenvalue weighted by Crippen LogP contribution is 2.29. The molecule has 3 heteroatoms. The van der Waals surface area contributed by atoms with Crippen molar-refractivity contribution in [1.29, 1.82) is 0 Å². The van der Waals surface area contributed by atoms with Crippen molar-refractivity contribution >= 4 is 0 Å². The van der Waals surface area contributed by atoms with Crippen LogP contribution in [0.25, 0.3) is 0 Å². The smallest absolute Gasteiger partial charge is 0.0560 e. The summed E-state index contributed by atoms with van der Waals surface area (Å²) in [5.74, 6) is 1.61. The molecule has 1 saturated carbocycles. The summed E-state index contributed by atoms with van der Waals surface area (Å²) in [6.07, 6.45) is 8.02. The van der Waals surface area contributed by atoms with Gasteiger partial charge < -0.3 is 5.32 Å². The number of hydrogen-bond acceptors (Lipinski definition) is 2. The average molecular weight is 235 g/mol. The molecule has 2 rings (SSSR count). The molecule has 0 aromatic carbocycles. The van der Waals surface area contributed by atoms with Crippen LogP contribution in [0.3, 0.4) is 0 Å². The van der Waals surface area contributed by atoms with Crippen molar-refractivity contribution < 1.29 is 0 Å². The van der Waals surface area contributed by atoms with Crippen molar-refractivity contribution in [2.45, 2.75) is 58.7 Å². The van der Waals surface area contributed by atoms with Gasteiger partial charge >= 0.3 is 0 Å². The van der Waals surface area contributed by atoms with Crippen molar-refractivity contribution in [3.8, 4) is 0 Å². The summed E-state index contributed by atoms with van der Waals surface area (Å²) in [5.41, 5.74) is 0. The number of nitrogens with zero attached hydrogens (tertiary/aromatic N) is 2. The molecule has 0 radical (unpaired) electrons. The highest BCUT2D eigenvalue weighted by molar-refractivity contribution is 4.86. The molecule has 1 aliphatic rings. The van der Waals surface area contributed by atoms with E-state index < -0.39 is 0 Å². The molecule has 1 heterocycles. The van der Waals surface area contributed by atoms with Gasteiger partial charge in [0.25, 0.3) is 0 Å². The van der Waals surface area contributed by atoms with Gasteiger partial charge in [0.15, 0.2) is 0 Å². The van der Waals surface area contributed by atoms with Gasteiger partial charge in [-0.3, -0.25) is 4.68 Å². The van der Waals surface area contributed by atoms with E-state index in [1.54, 1.807) is 0 Å². The van der Waals surface area contributed by atoms with Crippen LogP contribution in [-0.2, 0) is 6.54 Å². The number of hydrogen-bond donors (Lipinski definition) is 1. The molecule has 0 spiro atoms. The van der Waals surface area contributed by atoms with E-state index in [-0.39, 0.29) is 0 Å². The molecule has 96 valence electrons. The zero-order valence-electron chi connectivity index (χ0n) is 11.3. The summed E-state index contributed by atoms with van der Waals surface area (Å²) in [6, 6.07) is 3.15. The summed E-state index contributed by atoms with van der Waals surface area (Å²) in [4.78, 5) is 0. The van der Waals surface area contributed by atoms with E-state index >= 15 is 0 Å². The fraction of sp³-hybridized carbons (Fsp3) is 0.786. The van der Waals surface area contributed by atoms with Gasteiger partial charge in [0.1, 0.15) is 0 Å². The molecule has 1 aromatic rings. The monoisotopic (exact) mass is 235 g/mol. The van der Waals surface area contributed by atoms with E-state index in [4.69, 9.17) is 0 Å². The van der Waals surface area contributed by atoms with E-state index in [0.717, 1.165) is 18.4 Å². The highest BCUT2D eigenvalue weighted by Gasteiger charge is 2.28. The highest BCUT2D eigenvalue weighted by atomic mass is 15.3. The average Bonchev–Trinajstić information content (AvgIpc) is 2.76. The molecule has 3 nitrogen and oxygen atoms in total. The Kier molecular flexibility index (Phi) is 4.21. The Hall–Kier alpha value is -0.830. The Morgan fingerprint density at radius 2 is 2.06 bits per heavy atom. The molecule has 1 fully saturated rings. The van der Waals surface area contributed by atoms with E-state index in [1.807, 2.05) is 23.1 Å². The molecule has 1 aromatic heterocycles. The molecular formula is C14H25N3. The lowest BCUT2D eigenvalue weighted by Crippen LogP contribution is -2.48. The molecule has 3 unspecified atom stereocenters. The molecule has 0 bridgehead atoms. The summed E-state index contributed by atoms with van der Waals surface area (Å²) in [7, 11) is 0. The maximum atomic E-state index is 4.26. The Morgan fingerprint density at radius 3 is 2.65 bits per heavy atom. The van der Waals surface area contributed by atoms with E-state index in [0.29, 0.717) is 12.1 Å². The van der Waals surface area contributed by atoms with Crippen LogP contribution in [0.5, 0.6) is 0 Å². The number of nitrogens with one attached hydrogen (secondary N) is 1. The molecular weight excluding hydrogens is 210 g/mol. The van der Waals surface area contributed by atoms with Crippen LogP contribution in [0.4, 0.5) is 0 Å². The summed E-state index contributed by atoms with van der Waals surface area (Å²) in [5, 5.41) is 8.06. The van der Waals surface area contributed by atoms with Crippen LogP contribution < -0.4 is 5.32 Å². The van der Waals surface area contributed by atoms with Crippen molar-refractivity contribution in [2.24, 2.45) is 11.8 Å². The van der Waals surface area contributed by atoms with Crippen LogP contribution in [0, 0.1) is 11.8 Å². The van der Waals surface area contributed by atoms with Crippen molar-refractivity contribution in [1.82, 2.24) is 15.1 Å². The van der Waals surface area contributed by atoms with Crippen LogP contribution in [0.2, 0.25) is 0 Å². The first-order valence-electron chi connectivity index (χ1n) is 6.90. The predicted octanol–water partition coefficient (Wildman–Crippen LogP) is 2.69. The van der Waals surface area contributed by atoms with Crippen molar-refractivity contribution in [3.63, 3.8) is 0 Å². The minimum atomic E-state index is 0.489. The standard InChI is InChI=1S/C14H25N3/c1-11-6-4-7-12(2)14(11)16-13(3)10-17-9-5-8-15-17/h5,8-9,11-14,16H,4,6-7,10H2,1-3H3. The third kappa shape index (κ3) is 3.32. The largest absolute Gasteiger partial charge is 0.309 e. The lowest BCUT2D eigenvalue weighted by molar-refractivity contribution is 0.190. The van der Waals surface area contributed by atoms with Crippen LogP contribution in [0.15, 0.2) is 18.5 Å². The van der Waals surface area contributed by atoms with E-state index in [9.17, 15) is 0 Å². The SMILES string of the molecule is CC(Cn1cccn1)NC1C(C)CCCC1C. The predicted molar refractivity (Wildman–Crippen MR) is 70.8 cm³/mol. The lowest BCUT2D eigenvalue weighted by Gasteiger charge is -2.37. The quantitative estimate of drug-likeness (QED) is 0.869. The zero-order chi connectivity index (χ0) is 12.3. The first kappa shape index (κ1) is 12.6. The third-order valence-electron chi connectivity index (χ3n) is 4.04. The maximum Gasteiger partial charge on any atom is 0.0560 e.